The average molecular weight is 388 g/mol. The van der Waals surface area contributed by atoms with Gasteiger partial charge in [0.2, 0.25) is 5.84 Å². The molecule has 0 saturated heterocycles. The number of amidine groups is 1. The number of aliphatic imine (C=N–C) groups is 1. The molecule has 0 heterocycles. The molecule has 1 saturated carbocycles. The molecule has 10 heteroatoms. The van der Waals surface area contributed by atoms with Crippen LogP contribution in [0.2, 0.25) is 0 Å². The van der Waals surface area contributed by atoms with Crippen LogP contribution in [0.15, 0.2) is 22.0 Å². The predicted molar refractivity (Wildman–Crippen MR) is 82.7 cm³/mol. The van der Waals surface area contributed by atoms with Gasteiger partial charge in [0, 0.05) is 4.90 Å². The fourth-order valence-electron chi connectivity index (χ4n) is 1.92. The fourth-order valence-corrected chi connectivity index (χ4v) is 2.72. The molecular weight excluding hydrogens is 373 g/mol. The van der Waals surface area contributed by atoms with E-state index < -0.39 is 41.0 Å². The van der Waals surface area contributed by atoms with Gasteiger partial charge in [0.1, 0.15) is 5.82 Å². The van der Waals surface area contributed by atoms with E-state index in [0.29, 0.717) is 24.6 Å². The number of hydrogen-bond donors (Lipinski definition) is 1. The SMILES string of the molecule is Cc1cc(F)c(NC(=NC2(C)CC2)C(F)(F)F)cc1SCC(F)(F)F. The highest BCUT2D eigenvalue weighted by atomic mass is 32.2. The molecular formula is C15H15F7N2S. The van der Waals surface area contributed by atoms with Crippen molar-refractivity contribution in [3.05, 3.63) is 23.5 Å². The van der Waals surface area contributed by atoms with Crippen LogP contribution in [0.1, 0.15) is 25.3 Å². The zero-order valence-electron chi connectivity index (χ0n) is 13.3. The van der Waals surface area contributed by atoms with Gasteiger partial charge in [-0.25, -0.2) is 4.39 Å². The van der Waals surface area contributed by atoms with Gasteiger partial charge in [-0.15, -0.1) is 11.8 Å². The van der Waals surface area contributed by atoms with Gasteiger partial charge >= 0.3 is 12.4 Å². The van der Waals surface area contributed by atoms with Gasteiger partial charge in [-0.1, -0.05) is 0 Å². The van der Waals surface area contributed by atoms with Gasteiger partial charge in [0.25, 0.3) is 0 Å². The Morgan fingerprint density at radius 1 is 1.20 bits per heavy atom. The molecule has 0 unspecified atom stereocenters. The van der Waals surface area contributed by atoms with E-state index in [-0.39, 0.29) is 10.5 Å². The van der Waals surface area contributed by atoms with Crippen molar-refractivity contribution in [3.63, 3.8) is 0 Å². The normalized spacial score (nSPS) is 17.6. The summed E-state index contributed by atoms with van der Waals surface area (Å²) in [6.45, 7) is 2.92. The number of rotatable bonds is 4. The summed E-state index contributed by atoms with van der Waals surface area (Å²) in [6, 6.07) is 1.84. The molecule has 2 nitrogen and oxygen atoms in total. The van der Waals surface area contributed by atoms with Crippen molar-refractivity contribution in [2.75, 3.05) is 11.1 Å². The quantitative estimate of drug-likeness (QED) is 0.309. The van der Waals surface area contributed by atoms with Crippen LogP contribution in [0.4, 0.5) is 36.4 Å². The van der Waals surface area contributed by atoms with E-state index in [4.69, 9.17) is 0 Å². The first-order valence-corrected chi connectivity index (χ1v) is 8.21. The van der Waals surface area contributed by atoms with Gasteiger partial charge in [-0.3, -0.25) is 4.99 Å². The molecule has 0 spiro atoms. The lowest BCUT2D eigenvalue weighted by Gasteiger charge is -2.17. The topological polar surface area (TPSA) is 24.4 Å². The Morgan fingerprint density at radius 3 is 2.28 bits per heavy atom. The summed E-state index contributed by atoms with van der Waals surface area (Å²) >= 11 is 0.384. The number of nitrogens with one attached hydrogen (secondary N) is 1. The first kappa shape index (κ1) is 19.9. The first-order valence-electron chi connectivity index (χ1n) is 7.23. The van der Waals surface area contributed by atoms with Crippen molar-refractivity contribution in [1.29, 1.82) is 0 Å². The maximum Gasteiger partial charge on any atom is 0.449 e. The molecule has 25 heavy (non-hydrogen) atoms. The molecule has 1 aromatic carbocycles. The summed E-state index contributed by atoms with van der Waals surface area (Å²) < 4.78 is 90.3. The number of halogens is 7. The van der Waals surface area contributed by atoms with Crippen molar-refractivity contribution < 1.29 is 30.7 Å². The maximum atomic E-state index is 14.0. The van der Waals surface area contributed by atoms with E-state index in [0.717, 1.165) is 12.1 Å². The van der Waals surface area contributed by atoms with Crippen LogP contribution >= 0.6 is 11.8 Å². The van der Waals surface area contributed by atoms with Gasteiger partial charge in [0.15, 0.2) is 0 Å². The van der Waals surface area contributed by atoms with Gasteiger partial charge < -0.3 is 5.32 Å². The van der Waals surface area contributed by atoms with Crippen LogP contribution in [0.5, 0.6) is 0 Å². The van der Waals surface area contributed by atoms with Crippen LogP contribution in [0, 0.1) is 12.7 Å². The Hall–Kier alpha value is -1.45. The minimum atomic E-state index is -4.83. The van der Waals surface area contributed by atoms with E-state index in [9.17, 15) is 30.7 Å². The van der Waals surface area contributed by atoms with E-state index >= 15 is 0 Å². The van der Waals surface area contributed by atoms with Gasteiger partial charge in [-0.05, 0) is 44.4 Å². The molecule has 0 aromatic heterocycles. The highest BCUT2D eigenvalue weighted by Crippen LogP contribution is 2.40. The molecule has 1 aromatic rings. The van der Waals surface area contributed by atoms with Crippen LogP contribution in [0.25, 0.3) is 0 Å². The largest absolute Gasteiger partial charge is 0.449 e. The Bertz CT molecular complexity index is 676. The number of nitrogens with zero attached hydrogens (tertiary/aromatic N) is 1. The second kappa shape index (κ2) is 6.69. The molecule has 1 aliphatic carbocycles. The van der Waals surface area contributed by atoms with Crippen molar-refractivity contribution in [3.8, 4) is 0 Å². The Labute approximate surface area is 143 Å². The van der Waals surface area contributed by atoms with Crippen molar-refractivity contribution >= 4 is 23.3 Å². The van der Waals surface area contributed by atoms with Crippen molar-refractivity contribution in [1.82, 2.24) is 0 Å². The standard InChI is InChI=1S/C15H15F7N2S/c1-8-5-9(16)10(6-11(8)25-7-14(17,18)19)23-12(15(20,21)22)24-13(2)3-4-13/h5-6H,3-4,7H2,1-2H3,(H,23,24). The van der Waals surface area contributed by atoms with Crippen LogP contribution in [-0.4, -0.2) is 29.5 Å². The van der Waals surface area contributed by atoms with Crippen LogP contribution in [0.3, 0.4) is 0 Å². The third-order valence-corrected chi connectivity index (χ3v) is 4.76. The monoisotopic (exact) mass is 388 g/mol. The van der Waals surface area contributed by atoms with Gasteiger partial charge in [-0.2, -0.15) is 26.3 Å². The minimum absolute atomic E-state index is 0.0420. The smallest absolute Gasteiger partial charge is 0.334 e. The van der Waals surface area contributed by atoms with Crippen molar-refractivity contribution in [2.24, 2.45) is 4.99 Å². The summed E-state index contributed by atoms with van der Waals surface area (Å²) in [6.07, 6.45) is -8.31. The highest BCUT2D eigenvalue weighted by Gasteiger charge is 2.43. The lowest BCUT2D eigenvalue weighted by molar-refractivity contribution is -0.105. The molecule has 1 N–H and O–H groups in total. The number of thioether (sulfide) groups is 1. The first-order chi connectivity index (χ1) is 11.3. The summed E-state index contributed by atoms with van der Waals surface area (Å²) in [5, 5.41) is 1.90. The Balaban J connectivity index is 2.29. The molecule has 0 radical (unpaired) electrons. The molecule has 0 bridgehead atoms. The average Bonchev–Trinajstić information content (AvgIpc) is 3.15. The number of aryl methyl sites for hydroxylation is 1. The third kappa shape index (κ3) is 5.79. The summed E-state index contributed by atoms with van der Waals surface area (Å²) in [5.41, 5.74) is -1.19. The van der Waals surface area contributed by atoms with E-state index in [2.05, 4.69) is 4.99 Å². The lowest BCUT2D eigenvalue weighted by Crippen LogP contribution is -2.32. The molecule has 2 rings (SSSR count). The molecule has 1 fully saturated rings. The Morgan fingerprint density at radius 2 is 1.80 bits per heavy atom. The molecule has 140 valence electrons. The number of alkyl halides is 6. The molecule has 0 amide bonds. The van der Waals surface area contributed by atoms with Crippen LogP contribution in [-0.2, 0) is 0 Å². The second-order valence-electron chi connectivity index (χ2n) is 6.08. The minimum Gasteiger partial charge on any atom is -0.334 e. The lowest BCUT2D eigenvalue weighted by atomic mass is 10.2. The fraction of sp³-hybridized carbons (Fsp3) is 0.533. The summed E-state index contributed by atoms with van der Waals surface area (Å²) in [5.74, 6) is -3.58. The number of hydrogen-bond acceptors (Lipinski definition) is 2. The number of benzene rings is 1. The highest BCUT2D eigenvalue weighted by molar-refractivity contribution is 7.99. The number of anilines is 1. The van der Waals surface area contributed by atoms with E-state index in [1.54, 1.807) is 0 Å². The maximum absolute atomic E-state index is 14.0. The second-order valence-corrected chi connectivity index (χ2v) is 7.10. The molecule has 0 atom stereocenters. The Kier molecular flexibility index (Phi) is 5.32. The third-order valence-electron chi connectivity index (χ3n) is 3.53. The zero-order chi connectivity index (χ0) is 19.0. The van der Waals surface area contributed by atoms with E-state index in [1.165, 1.54) is 13.8 Å². The zero-order valence-corrected chi connectivity index (χ0v) is 14.1. The van der Waals surface area contributed by atoms with E-state index in [1.807, 2.05) is 5.32 Å². The predicted octanol–water partition coefficient (Wildman–Crippen LogP) is 5.71. The summed E-state index contributed by atoms with van der Waals surface area (Å²) in [4.78, 5) is 3.63. The van der Waals surface area contributed by atoms with Crippen molar-refractivity contribution in [2.45, 2.75) is 49.5 Å². The van der Waals surface area contributed by atoms with Gasteiger partial charge in [0.05, 0.1) is 17.0 Å². The summed E-state index contributed by atoms with van der Waals surface area (Å²) in [7, 11) is 0. The van der Waals surface area contributed by atoms with Crippen LogP contribution < -0.4 is 5.32 Å². The molecule has 1 aliphatic rings. The molecule has 0 aliphatic heterocycles.